The average Bonchev–Trinajstić information content (AvgIpc) is 3.83. The molecule has 14 heteroatoms. The molecule has 2 N–H and O–H groups in total. The Morgan fingerprint density at radius 2 is 1.66 bits per heavy atom. The van der Waals surface area contributed by atoms with Gasteiger partial charge in [-0.05, 0) is 141 Å². The fourth-order valence-corrected chi connectivity index (χ4v) is 9.82. The minimum absolute atomic E-state index is 0.00104. The molecule has 0 unspecified atom stereocenters. The standard InChI is InChI=1S/C44H65FN4O9/c1-27-25-48(26-28(2)56-27)19-7-21-55-42(52)38-23-32-22-33(14-17-37(32)57-38)46-40(50)39-35(29-12-15-34(54-6)16-13-29)18-20-49(39)41(51)31-10-8-30(9-11-31)36(24-45)47-43(53)58-44(3,4)5/h14,17,22-23,27-31,34-36,39H,7-13,15-16,18-21,24-26H2,1-6H3,(H,46,50)(H,47,53)/t27-,28+,29?,30?,31?,34?,35-,36+,39-/m0/s1. The van der Waals surface area contributed by atoms with Crippen LogP contribution in [0.5, 0.6) is 0 Å². The number of alkyl carbamates (subject to hydrolysis) is 1. The number of likely N-dealkylation sites (tertiary alicyclic amines) is 1. The van der Waals surface area contributed by atoms with Gasteiger partial charge in [0, 0.05) is 50.3 Å². The lowest BCUT2D eigenvalue weighted by Gasteiger charge is -2.38. The van der Waals surface area contributed by atoms with E-state index in [4.69, 9.17) is 23.4 Å². The molecular formula is C44H65FN4O9. The van der Waals surface area contributed by atoms with Crippen LogP contribution in [-0.4, -0.2) is 116 Å². The zero-order valence-corrected chi connectivity index (χ0v) is 35.3. The number of hydrogen-bond donors (Lipinski definition) is 2. The van der Waals surface area contributed by atoms with Crippen LogP contribution < -0.4 is 10.6 Å². The van der Waals surface area contributed by atoms with Crippen molar-refractivity contribution in [3.63, 3.8) is 0 Å². The maximum Gasteiger partial charge on any atom is 0.407 e. The van der Waals surface area contributed by atoms with Gasteiger partial charge in [-0.25, -0.2) is 14.0 Å². The number of carbonyl (C=O) groups is 4. The van der Waals surface area contributed by atoms with E-state index < -0.39 is 36.4 Å². The van der Waals surface area contributed by atoms with Gasteiger partial charge >= 0.3 is 12.1 Å². The van der Waals surface area contributed by atoms with Crippen molar-refractivity contribution >= 4 is 40.5 Å². The van der Waals surface area contributed by atoms with E-state index in [-0.39, 0.29) is 66.2 Å². The number of nitrogens with one attached hydrogen (secondary N) is 2. The number of halogens is 1. The number of fused-ring (bicyclic) bond motifs is 1. The number of nitrogens with zero attached hydrogens (tertiary/aromatic N) is 2. The van der Waals surface area contributed by atoms with Crippen molar-refractivity contribution in [3.05, 3.63) is 30.0 Å². The van der Waals surface area contributed by atoms with E-state index in [1.54, 1.807) is 57.0 Å². The summed E-state index contributed by atoms with van der Waals surface area (Å²) in [5.74, 6) is -0.827. The molecule has 0 radical (unpaired) electrons. The minimum Gasteiger partial charge on any atom is -0.460 e. The second-order valence-electron chi connectivity index (χ2n) is 18.1. The summed E-state index contributed by atoms with van der Waals surface area (Å²) in [6.07, 6.45) is 7.35. The summed E-state index contributed by atoms with van der Waals surface area (Å²) in [5, 5.41) is 6.46. The van der Waals surface area contributed by atoms with Gasteiger partial charge in [0.15, 0.2) is 0 Å². The van der Waals surface area contributed by atoms with Gasteiger partial charge in [0.25, 0.3) is 0 Å². The van der Waals surface area contributed by atoms with Crippen LogP contribution in [0.25, 0.3) is 11.0 Å². The van der Waals surface area contributed by atoms with E-state index in [0.717, 1.165) is 51.7 Å². The predicted molar refractivity (Wildman–Crippen MR) is 217 cm³/mol. The van der Waals surface area contributed by atoms with Crippen LogP contribution in [0.1, 0.15) is 109 Å². The van der Waals surface area contributed by atoms with E-state index in [9.17, 15) is 23.6 Å². The lowest BCUT2D eigenvalue weighted by atomic mass is 9.75. The average molecular weight is 813 g/mol. The third-order valence-corrected chi connectivity index (χ3v) is 12.5. The van der Waals surface area contributed by atoms with Gasteiger partial charge in [-0.15, -0.1) is 0 Å². The van der Waals surface area contributed by atoms with Gasteiger partial charge in [0.1, 0.15) is 23.9 Å². The van der Waals surface area contributed by atoms with Crippen LogP contribution in [0.15, 0.2) is 28.7 Å². The van der Waals surface area contributed by atoms with Crippen LogP contribution in [-0.2, 0) is 28.5 Å². The molecule has 6 rings (SSSR count). The summed E-state index contributed by atoms with van der Waals surface area (Å²) in [4.78, 5) is 58.1. The molecular weight excluding hydrogens is 748 g/mol. The quantitative estimate of drug-likeness (QED) is 0.158. The third-order valence-electron chi connectivity index (χ3n) is 12.5. The van der Waals surface area contributed by atoms with Gasteiger partial charge in [0.05, 0.1) is 31.0 Å². The number of benzene rings is 1. The highest BCUT2D eigenvalue weighted by atomic mass is 19.1. The molecule has 1 aromatic carbocycles. The number of ether oxygens (including phenoxy) is 4. The van der Waals surface area contributed by atoms with Crippen molar-refractivity contribution in [2.45, 2.75) is 135 Å². The number of carbonyl (C=O) groups excluding carboxylic acids is 4. The Bertz CT molecular complexity index is 1700. The molecule has 2 saturated carbocycles. The zero-order valence-electron chi connectivity index (χ0n) is 35.3. The number of hydrogen-bond acceptors (Lipinski definition) is 10. The Hall–Kier alpha value is -3.75. The number of anilines is 1. The van der Waals surface area contributed by atoms with Crippen molar-refractivity contribution in [2.24, 2.45) is 23.7 Å². The molecule has 3 amide bonds. The molecule has 13 nitrogen and oxygen atoms in total. The van der Waals surface area contributed by atoms with Crippen LogP contribution >= 0.6 is 0 Å². The molecule has 2 saturated heterocycles. The van der Waals surface area contributed by atoms with E-state index in [1.165, 1.54) is 0 Å². The summed E-state index contributed by atoms with van der Waals surface area (Å²) in [7, 11) is 1.74. The second kappa shape index (κ2) is 19.5. The highest BCUT2D eigenvalue weighted by molar-refractivity contribution is 6.00. The largest absolute Gasteiger partial charge is 0.460 e. The molecule has 2 aliphatic heterocycles. The number of alkyl halides is 1. The van der Waals surface area contributed by atoms with Crippen LogP contribution in [0.2, 0.25) is 0 Å². The maximum atomic E-state index is 14.4. The Morgan fingerprint density at radius 1 is 0.948 bits per heavy atom. The molecule has 4 fully saturated rings. The second-order valence-corrected chi connectivity index (χ2v) is 18.1. The molecule has 58 heavy (non-hydrogen) atoms. The maximum absolute atomic E-state index is 14.4. The number of furan rings is 1. The first-order chi connectivity index (χ1) is 27.7. The molecule has 2 aliphatic carbocycles. The van der Waals surface area contributed by atoms with E-state index >= 15 is 0 Å². The van der Waals surface area contributed by atoms with Crippen LogP contribution in [0, 0.1) is 23.7 Å². The molecule has 2 aromatic rings. The number of morpholine rings is 1. The molecule has 5 atom stereocenters. The van der Waals surface area contributed by atoms with Gasteiger partial charge in [0.2, 0.25) is 17.6 Å². The Kier molecular flexibility index (Phi) is 14.8. The van der Waals surface area contributed by atoms with Crippen LogP contribution in [0.4, 0.5) is 14.9 Å². The summed E-state index contributed by atoms with van der Waals surface area (Å²) >= 11 is 0. The first kappa shape index (κ1) is 43.8. The lowest BCUT2D eigenvalue weighted by Crippen LogP contribution is -2.50. The Balaban J connectivity index is 1.08. The topological polar surface area (TPSA) is 149 Å². The zero-order chi connectivity index (χ0) is 41.6. The normalized spacial score (nSPS) is 28.8. The smallest absolute Gasteiger partial charge is 0.407 e. The van der Waals surface area contributed by atoms with Gasteiger partial charge in [-0.3, -0.25) is 14.5 Å². The van der Waals surface area contributed by atoms with Crippen molar-refractivity contribution < 1.29 is 46.9 Å². The molecule has 0 spiro atoms. The SMILES string of the molecule is COC1CCC([C@@H]2CCN(C(=O)C3CCC([C@@H](CF)NC(=O)OC(C)(C)C)CC3)[C@@H]2C(=O)Nc2ccc3oc(C(=O)OCCCN4C[C@@H](C)O[C@@H](C)C4)cc3c2)CC1. The molecule has 1 aromatic heterocycles. The molecule has 4 aliphatic rings. The van der Waals surface area contributed by atoms with Crippen molar-refractivity contribution in [1.82, 2.24) is 15.1 Å². The van der Waals surface area contributed by atoms with E-state index in [0.29, 0.717) is 55.3 Å². The highest BCUT2D eigenvalue weighted by Crippen LogP contribution is 2.42. The summed E-state index contributed by atoms with van der Waals surface area (Å²) in [6.45, 7) is 12.0. The Morgan fingerprint density at radius 3 is 2.31 bits per heavy atom. The fraction of sp³-hybridized carbons (Fsp3) is 0.727. The number of methoxy groups -OCH3 is 1. The minimum atomic E-state index is -0.714. The number of rotatable bonds is 13. The molecule has 3 heterocycles. The number of esters is 1. The summed E-state index contributed by atoms with van der Waals surface area (Å²) < 4.78 is 42.3. The molecule has 0 bridgehead atoms. The summed E-state index contributed by atoms with van der Waals surface area (Å²) in [5.41, 5.74) is 0.351. The van der Waals surface area contributed by atoms with Gasteiger partial charge in [-0.2, -0.15) is 0 Å². The predicted octanol–water partition coefficient (Wildman–Crippen LogP) is 7.12. The van der Waals surface area contributed by atoms with E-state index in [2.05, 4.69) is 29.4 Å². The van der Waals surface area contributed by atoms with Crippen molar-refractivity contribution in [3.8, 4) is 0 Å². The monoisotopic (exact) mass is 812 g/mol. The van der Waals surface area contributed by atoms with Gasteiger partial charge in [-0.1, -0.05) is 0 Å². The Labute approximate surface area is 342 Å². The molecule has 322 valence electrons. The highest BCUT2D eigenvalue weighted by Gasteiger charge is 2.47. The van der Waals surface area contributed by atoms with E-state index in [1.807, 2.05) is 0 Å². The summed E-state index contributed by atoms with van der Waals surface area (Å²) in [6, 6.07) is 5.56. The lowest BCUT2D eigenvalue weighted by molar-refractivity contribution is -0.142. The third kappa shape index (κ3) is 11.3. The fourth-order valence-electron chi connectivity index (χ4n) is 9.82. The first-order valence-corrected chi connectivity index (χ1v) is 21.5. The van der Waals surface area contributed by atoms with Crippen LogP contribution in [0.3, 0.4) is 0 Å². The first-order valence-electron chi connectivity index (χ1n) is 21.5. The van der Waals surface area contributed by atoms with Crippen molar-refractivity contribution in [1.29, 1.82) is 0 Å². The number of amides is 3. The van der Waals surface area contributed by atoms with Gasteiger partial charge < -0.3 is 38.9 Å². The van der Waals surface area contributed by atoms with Crippen molar-refractivity contribution in [2.75, 3.05) is 51.9 Å².